The fraction of sp³-hybridized carbons (Fsp3) is 0.353. The standard InChI is InChI=1S/C17H13Cl2F3N4O3S/c1-16(2)9(6-11(19)17(20,21)22)12(16)13(27)23-15-25-24-14(30-15)8-4-3-7(26(28)29)5-10(8)18/h3-6,9,12H,1-2H3,(H,23,25,27). The number of halogens is 5. The minimum Gasteiger partial charge on any atom is -0.300 e. The quantitative estimate of drug-likeness (QED) is 0.439. The van der Waals surface area contributed by atoms with Crippen LogP contribution in [0.25, 0.3) is 10.6 Å². The molecule has 0 spiro atoms. The predicted molar refractivity (Wildman–Crippen MR) is 106 cm³/mol. The molecule has 0 aliphatic heterocycles. The van der Waals surface area contributed by atoms with Gasteiger partial charge in [-0.1, -0.05) is 54.5 Å². The molecule has 1 saturated carbocycles. The van der Waals surface area contributed by atoms with E-state index in [1.165, 1.54) is 18.2 Å². The van der Waals surface area contributed by atoms with Gasteiger partial charge >= 0.3 is 6.18 Å². The number of rotatable bonds is 5. The van der Waals surface area contributed by atoms with Gasteiger partial charge in [-0.3, -0.25) is 14.9 Å². The maximum absolute atomic E-state index is 12.7. The number of hydrogen-bond acceptors (Lipinski definition) is 6. The highest BCUT2D eigenvalue weighted by Gasteiger charge is 2.61. The highest BCUT2D eigenvalue weighted by Crippen LogP contribution is 2.60. The molecular formula is C17H13Cl2F3N4O3S. The van der Waals surface area contributed by atoms with Crippen LogP contribution in [-0.4, -0.2) is 27.2 Å². The van der Waals surface area contributed by atoms with E-state index in [9.17, 15) is 28.1 Å². The first-order valence-electron chi connectivity index (χ1n) is 8.35. The molecule has 0 bridgehead atoms. The Bertz CT molecular complexity index is 1060. The van der Waals surface area contributed by atoms with E-state index in [0.717, 1.165) is 17.4 Å². The number of nitrogens with one attached hydrogen (secondary N) is 1. The number of nitro benzene ring substituents is 1. The molecule has 0 saturated heterocycles. The van der Waals surface area contributed by atoms with Crippen molar-refractivity contribution in [3.8, 4) is 10.6 Å². The fourth-order valence-electron chi connectivity index (χ4n) is 3.10. The van der Waals surface area contributed by atoms with Crippen LogP contribution in [0.5, 0.6) is 0 Å². The van der Waals surface area contributed by atoms with Gasteiger partial charge in [0.05, 0.1) is 15.9 Å². The molecule has 7 nitrogen and oxygen atoms in total. The number of carbonyl (C=O) groups is 1. The lowest BCUT2D eigenvalue weighted by Crippen LogP contribution is -2.16. The summed E-state index contributed by atoms with van der Waals surface area (Å²) in [6.45, 7) is 3.34. The average Bonchev–Trinajstić information content (AvgIpc) is 2.95. The van der Waals surface area contributed by atoms with E-state index in [4.69, 9.17) is 23.2 Å². The summed E-state index contributed by atoms with van der Waals surface area (Å²) < 4.78 is 38.0. The molecule has 1 aliphatic rings. The lowest BCUT2D eigenvalue weighted by molar-refractivity contribution is -0.384. The predicted octanol–water partition coefficient (Wildman–Crippen LogP) is 5.66. The second kappa shape index (κ2) is 7.78. The summed E-state index contributed by atoms with van der Waals surface area (Å²) in [7, 11) is 0. The summed E-state index contributed by atoms with van der Waals surface area (Å²) in [6.07, 6.45) is -3.81. The van der Waals surface area contributed by atoms with Gasteiger partial charge in [0.15, 0.2) is 5.01 Å². The van der Waals surface area contributed by atoms with Gasteiger partial charge in [0.2, 0.25) is 11.0 Å². The van der Waals surface area contributed by atoms with Crippen molar-refractivity contribution in [1.29, 1.82) is 0 Å². The van der Waals surface area contributed by atoms with E-state index >= 15 is 0 Å². The number of aromatic nitrogens is 2. The highest BCUT2D eigenvalue weighted by atomic mass is 35.5. The van der Waals surface area contributed by atoms with Gasteiger partial charge in [0, 0.05) is 17.7 Å². The van der Waals surface area contributed by atoms with E-state index in [1.54, 1.807) is 13.8 Å². The zero-order valence-electron chi connectivity index (χ0n) is 15.3. The third-order valence-electron chi connectivity index (χ3n) is 4.84. The minimum atomic E-state index is -4.67. The van der Waals surface area contributed by atoms with Crippen molar-refractivity contribution in [3.63, 3.8) is 0 Å². The van der Waals surface area contributed by atoms with Gasteiger partial charge in [-0.2, -0.15) is 13.2 Å². The molecule has 1 aromatic carbocycles. The number of alkyl halides is 3. The van der Waals surface area contributed by atoms with Crippen molar-refractivity contribution in [1.82, 2.24) is 10.2 Å². The first-order chi connectivity index (χ1) is 13.8. The first kappa shape index (κ1) is 22.4. The summed E-state index contributed by atoms with van der Waals surface area (Å²) in [5, 5.41) is 20.4. The SMILES string of the molecule is CC1(C)C(C=C(Cl)C(F)(F)F)C1C(=O)Nc1nnc(-c2ccc([N+](=O)[O-])cc2Cl)s1. The lowest BCUT2D eigenvalue weighted by atomic mass is 10.1. The van der Waals surface area contributed by atoms with Gasteiger partial charge in [0.1, 0.15) is 5.03 Å². The Hall–Kier alpha value is -2.24. The Balaban J connectivity index is 1.74. The Morgan fingerprint density at radius 2 is 2.03 bits per heavy atom. The Labute approximate surface area is 182 Å². The monoisotopic (exact) mass is 480 g/mol. The number of non-ortho nitro benzene ring substituents is 1. The van der Waals surface area contributed by atoms with Gasteiger partial charge in [0.25, 0.3) is 5.69 Å². The smallest absolute Gasteiger partial charge is 0.300 e. The van der Waals surface area contributed by atoms with Gasteiger partial charge in [-0.15, -0.1) is 10.2 Å². The molecule has 2 unspecified atom stereocenters. The van der Waals surface area contributed by atoms with Crippen LogP contribution in [0.3, 0.4) is 0 Å². The van der Waals surface area contributed by atoms with Crippen LogP contribution in [0, 0.1) is 27.4 Å². The maximum Gasteiger partial charge on any atom is 0.426 e. The molecule has 0 radical (unpaired) electrons. The second-order valence-corrected chi connectivity index (χ2v) is 8.95. The first-order valence-corrected chi connectivity index (χ1v) is 9.93. The Kier molecular flexibility index (Phi) is 5.82. The normalized spacial score (nSPS) is 20.7. The lowest BCUT2D eigenvalue weighted by Gasteiger charge is -2.04. The third-order valence-corrected chi connectivity index (χ3v) is 6.36. The van der Waals surface area contributed by atoms with Gasteiger partial charge < -0.3 is 5.32 Å². The number of benzene rings is 1. The number of amides is 1. The molecule has 13 heteroatoms. The van der Waals surface area contributed by atoms with Crippen molar-refractivity contribution in [2.24, 2.45) is 17.3 Å². The topological polar surface area (TPSA) is 98.0 Å². The molecule has 1 heterocycles. The minimum absolute atomic E-state index is 0.0912. The fourth-order valence-corrected chi connectivity index (χ4v) is 4.34. The van der Waals surface area contributed by atoms with Crippen molar-refractivity contribution in [3.05, 3.63) is 44.4 Å². The molecule has 1 N–H and O–H groups in total. The van der Waals surface area contributed by atoms with Gasteiger partial charge in [-0.25, -0.2) is 0 Å². The Morgan fingerprint density at radius 3 is 2.60 bits per heavy atom. The molecule has 1 aromatic heterocycles. The van der Waals surface area contributed by atoms with E-state index in [0.29, 0.717) is 10.6 Å². The average molecular weight is 481 g/mol. The van der Waals surface area contributed by atoms with Gasteiger partial charge in [-0.05, 0) is 17.4 Å². The van der Waals surface area contributed by atoms with Crippen LogP contribution in [0.4, 0.5) is 24.0 Å². The molecule has 2 aromatic rings. The van der Waals surface area contributed by atoms with E-state index in [-0.39, 0.29) is 15.8 Å². The molecule has 1 aliphatic carbocycles. The largest absolute Gasteiger partial charge is 0.426 e. The molecule has 1 fully saturated rings. The highest BCUT2D eigenvalue weighted by molar-refractivity contribution is 7.18. The second-order valence-electron chi connectivity index (χ2n) is 7.16. The Morgan fingerprint density at radius 1 is 1.37 bits per heavy atom. The number of nitro groups is 1. The van der Waals surface area contributed by atoms with Crippen molar-refractivity contribution < 1.29 is 22.9 Å². The van der Waals surface area contributed by atoms with Crippen LogP contribution in [0.1, 0.15) is 13.8 Å². The molecule has 160 valence electrons. The van der Waals surface area contributed by atoms with Crippen LogP contribution in [0.15, 0.2) is 29.3 Å². The maximum atomic E-state index is 12.7. The number of anilines is 1. The third kappa shape index (κ3) is 4.42. The van der Waals surface area contributed by atoms with Crippen LogP contribution in [-0.2, 0) is 4.79 Å². The summed E-state index contributed by atoms with van der Waals surface area (Å²) in [5.41, 5.74) is -0.496. The number of hydrogen-bond donors (Lipinski definition) is 1. The molecule has 30 heavy (non-hydrogen) atoms. The van der Waals surface area contributed by atoms with E-state index in [2.05, 4.69) is 15.5 Å². The van der Waals surface area contributed by atoms with Crippen LogP contribution >= 0.6 is 34.5 Å². The molecule has 2 atom stereocenters. The van der Waals surface area contributed by atoms with Crippen molar-refractivity contribution in [2.75, 3.05) is 5.32 Å². The summed E-state index contributed by atoms with van der Waals surface area (Å²) in [4.78, 5) is 22.7. The number of nitrogens with zero attached hydrogens (tertiary/aromatic N) is 3. The van der Waals surface area contributed by atoms with Crippen molar-refractivity contribution in [2.45, 2.75) is 20.0 Å². The summed E-state index contributed by atoms with van der Waals surface area (Å²) in [6, 6.07) is 3.84. The zero-order valence-corrected chi connectivity index (χ0v) is 17.7. The summed E-state index contributed by atoms with van der Waals surface area (Å²) >= 11 is 12.3. The van der Waals surface area contributed by atoms with Crippen molar-refractivity contribution >= 4 is 51.3 Å². The molecule has 3 rings (SSSR count). The zero-order chi connectivity index (χ0) is 22.4. The van der Waals surface area contributed by atoms with Crippen LogP contribution < -0.4 is 5.32 Å². The number of allylic oxidation sites excluding steroid dienone is 2. The van der Waals surface area contributed by atoms with E-state index < -0.39 is 39.3 Å². The molecular weight excluding hydrogens is 468 g/mol. The van der Waals surface area contributed by atoms with E-state index in [1.807, 2.05) is 0 Å². The molecule has 1 amide bonds. The number of carbonyl (C=O) groups excluding carboxylic acids is 1. The summed E-state index contributed by atoms with van der Waals surface area (Å²) in [5.74, 6) is -1.91. The van der Waals surface area contributed by atoms with Crippen LogP contribution in [0.2, 0.25) is 5.02 Å².